The summed E-state index contributed by atoms with van der Waals surface area (Å²) in [5.74, 6) is 0.249. The Morgan fingerprint density at radius 1 is 1.30 bits per heavy atom. The third-order valence-corrected chi connectivity index (χ3v) is 4.69. The molecule has 0 aliphatic heterocycles. The maximum atomic E-state index is 12.0. The van der Waals surface area contributed by atoms with Crippen LogP contribution < -0.4 is 5.32 Å². The Bertz CT molecular complexity index is 427. The van der Waals surface area contributed by atoms with Crippen molar-refractivity contribution in [1.29, 1.82) is 0 Å². The maximum absolute atomic E-state index is 12.0. The standard InChI is InChI=1S/C16H23NO2S/c1-20-14-9-7-12(8-10-14)15(18)11-17-16(19)13-5-3-2-4-6-13/h7-10,13,15,18H,2-6,11H2,1H3,(H,17,19)/t15-/m0/s1. The summed E-state index contributed by atoms with van der Waals surface area (Å²) in [6, 6.07) is 7.82. The highest BCUT2D eigenvalue weighted by Crippen LogP contribution is 2.24. The Morgan fingerprint density at radius 3 is 2.55 bits per heavy atom. The van der Waals surface area contributed by atoms with Gasteiger partial charge in [-0.2, -0.15) is 0 Å². The van der Waals surface area contributed by atoms with Crippen LogP contribution in [0.4, 0.5) is 0 Å². The van der Waals surface area contributed by atoms with Gasteiger partial charge in [-0.15, -0.1) is 11.8 Å². The molecule has 1 fully saturated rings. The summed E-state index contributed by atoms with van der Waals surface area (Å²) in [6.45, 7) is 0.300. The average molecular weight is 293 g/mol. The second-order valence-corrected chi connectivity index (χ2v) is 6.25. The molecule has 2 N–H and O–H groups in total. The number of benzene rings is 1. The zero-order chi connectivity index (χ0) is 14.4. The molecule has 0 unspecified atom stereocenters. The van der Waals surface area contributed by atoms with E-state index in [-0.39, 0.29) is 11.8 Å². The van der Waals surface area contributed by atoms with Crippen molar-refractivity contribution in [2.75, 3.05) is 12.8 Å². The van der Waals surface area contributed by atoms with E-state index >= 15 is 0 Å². The van der Waals surface area contributed by atoms with Gasteiger partial charge in [0.25, 0.3) is 0 Å². The Hall–Kier alpha value is -1.00. The van der Waals surface area contributed by atoms with Crippen LogP contribution >= 0.6 is 11.8 Å². The van der Waals surface area contributed by atoms with E-state index < -0.39 is 6.10 Å². The highest BCUT2D eigenvalue weighted by atomic mass is 32.2. The van der Waals surface area contributed by atoms with Gasteiger partial charge in [0.1, 0.15) is 0 Å². The van der Waals surface area contributed by atoms with Gasteiger partial charge in [-0.3, -0.25) is 4.79 Å². The summed E-state index contributed by atoms with van der Waals surface area (Å²) in [6.07, 6.45) is 6.92. The molecular formula is C16H23NO2S. The Kier molecular flexibility index (Phi) is 5.92. The molecule has 110 valence electrons. The van der Waals surface area contributed by atoms with E-state index in [1.165, 1.54) is 11.3 Å². The van der Waals surface area contributed by atoms with Gasteiger partial charge in [0, 0.05) is 17.4 Å². The van der Waals surface area contributed by atoms with E-state index in [2.05, 4.69) is 5.32 Å². The molecule has 0 heterocycles. The molecule has 2 rings (SSSR count). The molecule has 1 aromatic carbocycles. The highest BCUT2D eigenvalue weighted by Gasteiger charge is 2.21. The second-order valence-electron chi connectivity index (χ2n) is 5.37. The third kappa shape index (κ3) is 4.25. The van der Waals surface area contributed by atoms with Gasteiger partial charge in [-0.25, -0.2) is 0 Å². The molecule has 1 aliphatic rings. The number of hydrogen-bond donors (Lipinski definition) is 2. The smallest absolute Gasteiger partial charge is 0.223 e. The molecule has 0 aromatic heterocycles. The van der Waals surface area contributed by atoms with Crippen LogP contribution in [0.1, 0.15) is 43.8 Å². The number of carbonyl (C=O) groups is 1. The van der Waals surface area contributed by atoms with Crippen LogP contribution in [0, 0.1) is 5.92 Å². The zero-order valence-corrected chi connectivity index (χ0v) is 12.8. The third-order valence-electron chi connectivity index (χ3n) is 3.95. The molecule has 0 bridgehead atoms. The van der Waals surface area contributed by atoms with Crippen molar-refractivity contribution in [3.8, 4) is 0 Å². The molecule has 0 radical (unpaired) electrons. The van der Waals surface area contributed by atoms with Crippen LogP contribution in [0.3, 0.4) is 0 Å². The van der Waals surface area contributed by atoms with E-state index in [0.29, 0.717) is 6.54 Å². The summed E-state index contributed by atoms with van der Waals surface area (Å²) < 4.78 is 0. The summed E-state index contributed by atoms with van der Waals surface area (Å²) >= 11 is 1.67. The molecule has 1 saturated carbocycles. The van der Waals surface area contributed by atoms with E-state index in [1.54, 1.807) is 11.8 Å². The van der Waals surface area contributed by atoms with Crippen molar-refractivity contribution in [2.24, 2.45) is 5.92 Å². The first-order chi connectivity index (χ1) is 9.70. The quantitative estimate of drug-likeness (QED) is 0.820. The fourth-order valence-electron chi connectivity index (χ4n) is 2.65. The largest absolute Gasteiger partial charge is 0.387 e. The molecule has 0 saturated heterocycles. The van der Waals surface area contributed by atoms with Gasteiger partial charge in [-0.05, 0) is 36.8 Å². The lowest BCUT2D eigenvalue weighted by atomic mass is 9.88. The van der Waals surface area contributed by atoms with Gasteiger partial charge in [0.05, 0.1) is 6.10 Å². The van der Waals surface area contributed by atoms with Crippen molar-refractivity contribution in [1.82, 2.24) is 5.32 Å². The van der Waals surface area contributed by atoms with Gasteiger partial charge in [0.15, 0.2) is 0 Å². The topological polar surface area (TPSA) is 49.3 Å². The number of aliphatic hydroxyl groups is 1. The number of amides is 1. The number of carbonyl (C=O) groups excluding carboxylic acids is 1. The van der Waals surface area contributed by atoms with Crippen molar-refractivity contribution < 1.29 is 9.90 Å². The van der Waals surface area contributed by atoms with E-state index in [9.17, 15) is 9.90 Å². The first kappa shape index (κ1) is 15.4. The van der Waals surface area contributed by atoms with Crippen LogP contribution in [-0.2, 0) is 4.79 Å². The molecule has 4 heteroatoms. The molecule has 1 atom stereocenters. The SMILES string of the molecule is CSc1ccc([C@@H](O)CNC(=O)C2CCCCC2)cc1. The lowest BCUT2D eigenvalue weighted by Gasteiger charge is -2.21. The molecule has 1 amide bonds. The van der Waals surface area contributed by atoms with Crippen LogP contribution in [0.2, 0.25) is 0 Å². The number of nitrogens with one attached hydrogen (secondary N) is 1. The first-order valence-electron chi connectivity index (χ1n) is 7.30. The summed E-state index contributed by atoms with van der Waals surface area (Å²) in [5, 5.41) is 13.0. The lowest BCUT2D eigenvalue weighted by molar-refractivity contribution is -0.126. The molecule has 1 aliphatic carbocycles. The highest BCUT2D eigenvalue weighted by molar-refractivity contribution is 7.98. The fraction of sp³-hybridized carbons (Fsp3) is 0.562. The van der Waals surface area contributed by atoms with Gasteiger partial charge in [0.2, 0.25) is 5.91 Å². The van der Waals surface area contributed by atoms with Crippen LogP contribution in [0.15, 0.2) is 29.2 Å². The van der Waals surface area contributed by atoms with Crippen molar-refractivity contribution in [3.05, 3.63) is 29.8 Å². The Labute approximate surface area is 125 Å². The van der Waals surface area contributed by atoms with Crippen LogP contribution in [-0.4, -0.2) is 23.8 Å². The Balaban J connectivity index is 1.81. The van der Waals surface area contributed by atoms with Crippen LogP contribution in [0.25, 0.3) is 0 Å². The fourth-order valence-corrected chi connectivity index (χ4v) is 3.06. The number of hydrogen-bond acceptors (Lipinski definition) is 3. The first-order valence-corrected chi connectivity index (χ1v) is 8.53. The molecule has 1 aromatic rings. The van der Waals surface area contributed by atoms with Crippen molar-refractivity contribution in [3.63, 3.8) is 0 Å². The maximum Gasteiger partial charge on any atom is 0.223 e. The van der Waals surface area contributed by atoms with Gasteiger partial charge < -0.3 is 10.4 Å². The zero-order valence-electron chi connectivity index (χ0n) is 12.0. The molecular weight excluding hydrogens is 270 g/mol. The van der Waals surface area contributed by atoms with E-state index in [0.717, 1.165) is 31.2 Å². The minimum Gasteiger partial charge on any atom is -0.387 e. The summed E-state index contributed by atoms with van der Waals surface area (Å²) in [5.41, 5.74) is 0.853. The van der Waals surface area contributed by atoms with Crippen molar-refractivity contribution in [2.45, 2.75) is 43.1 Å². The number of aliphatic hydroxyl groups excluding tert-OH is 1. The van der Waals surface area contributed by atoms with Gasteiger partial charge in [-0.1, -0.05) is 31.4 Å². The Morgan fingerprint density at radius 2 is 1.95 bits per heavy atom. The predicted octanol–water partition coefficient (Wildman–Crippen LogP) is 3.14. The summed E-state index contributed by atoms with van der Waals surface area (Å²) in [4.78, 5) is 13.2. The van der Waals surface area contributed by atoms with Crippen molar-refractivity contribution >= 4 is 17.7 Å². The van der Waals surface area contributed by atoms with E-state index in [1.807, 2.05) is 30.5 Å². The normalized spacial score (nSPS) is 17.7. The summed E-state index contributed by atoms with van der Waals surface area (Å²) in [7, 11) is 0. The second kappa shape index (κ2) is 7.70. The van der Waals surface area contributed by atoms with Gasteiger partial charge >= 0.3 is 0 Å². The monoisotopic (exact) mass is 293 g/mol. The number of rotatable bonds is 5. The minimum absolute atomic E-state index is 0.101. The molecule has 0 spiro atoms. The predicted molar refractivity (Wildman–Crippen MR) is 82.8 cm³/mol. The van der Waals surface area contributed by atoms with Crippen LogP contribution in [0.5, 0.6) is 0 Å². The lowest BCUT2D eigenvalue weighted by Crippen LogP contribution is -2.34. The minimum atomic E-state index is -0.626. The van der Waals surface area contributed by atoms with E-state index in [4.69, 9.17) is 0 Å². The average Bonchev–Trinajstić information content (AvgIpc) is 2.53. The number of thioether (sulfide) groups is 1. The molecule has 20 heavy (non-hydrogen) atoms. The molecule has 3 nitrogen and oxygen atoms in total.